The van der Waals surface area contributed by atoms with Crippen molar-refractivity contribution in [2.75, 3.05) is 11.9 Å². The number of rotatable bonds is 2. The molecule has 6 nitrogen and oxygen atoms in total. The molecule has 4 rings (SSSR count). The van der Waals surface area contributed by atoms with E-state index in [2.05, 4.69) is 14.1 Å². The van der Waals surface area contributed by atoms with Gasteiger partial charge in [0.1, 0.15) is 11.0 Å². The number of para-hydroxylation sites is 1. The number of aromatic nitrogens is 2. The van der Waals surface area contributed by atoms with E-state index in [-0.39, 0.29) is 11.7 Å². The molecule has 0 atom stereocenters. The summed E-state index contributed by atoms with van der Waals surface area (Å²) >= 11 is 1.06. The molecule has 114 valence electrons. The number of hydrogen-bond donors (Lipinski definition) is 1. The van der Waals surface area contributed by atoms with Crippen molar-refractivity contribution in [3.8, 4) is 5.75 Å². The van der Waals surface area contributed by atoms with Crippen molar-refractivity contribution in [3.63, 3.8) is 0 Å². The Morgan fingerprint density at radius 3 is 2.96 bits per heavy atom. The Balaban J connectivity index is 1.71. The van der Waals surface area contributed by atoms with Gasteiger partial charge in [-0.3, -0.25) is 9.59 Å². The lowest BCUT2D eigenvalue weighted by Gasteiger charge is -2.19. The molecule has 2 heterocycles. The molecule has 7 heteroatoms. The van der Waals surface area contributed by atoms with Gasteiger partial charge in [-0.05, 0) is 24.3 Å². The maximum atomic E-state index is 12.6. The highest BCUT2D eigenvalue weighted by atomic mass is 32.1. The lowest BCUT2D eigenvalue weighted by molar-refractivity contribution is 0.0931. The number of fused-ring (bicyclic) bond motifs is 2. The second-order valence-electron chi connectivity index (χ2n) is 5.10. The van der Waals surface area contributed by atoms with Crippen molar-refractivity contribution in [2.45, 2.75) is 6.42 Å². The first-order chi connectivity index (χ1) is 11.2. The van der Waals surface area contributed by atoms with Crippen LogP contribution >= 0.6 is 11.7 Å². The standard InChI is InChI=1S/C16H11N3O3S/c20-13-7-8-22-15-9(13)3-1-6-12(15)17-16(21)10-4-2-5-11-14(10)19-23-18-11/h1-6H,7-8H2,(H,17,21). The Morgan fingerprint density at radius 2 is 2.04 bits per heavy atom. The van der Waals surface area contributed by atoms with Gasteiger partial charge in [-0.25, -0.2) is 0 Å². The van der Waals surface area contributed by atoms with Crippen LogP contribution in [0.15, 0.2) is 36.4 Å². The number of carbonyl (C=O) groups excluding carboxylic acids is 2. The molecular weight excluding hydrogens is 314 g/mol. The second-order valence-corrected chi connectivity index (χ2v) is 5.62. The smallest absolute Gasteiger partial charge is 0.258 e. The number of anilines is 1. The van der Waals surface area contributed by atoms with E-state index in [0.717, 1.165) is 11.7 Å². The zero-order chi connectivity index (χ0) is 15.8. The van der Waals surface area contributed by atoms with Gasteiger partial charge in [0.25, 0.3) is 5.91 Å². The van der Waals surface area contributed by atoms with E-state index in [1.54, 1.807) is 30.3 Å². The van der Waals surface area contributed by atoms with Crippen LogP contribution in [0.4, 0.5) is 5.69 Å². The molecule has 1 aliphatic heterocycles. The number of nitrogens with zero attached hydrogens (tertiary/aromatic N) is 2. The first-order valence-corrected chi connectivity index (χ1v) is 7.79. The predicted molar refractivity (Wildman–Crippen MR) is 86.3 cm³/mol. The normalized spacial score (nSPS) is 13.5. The Morgan fingerprint density at radius 1 is 1.17 bits per heavy atom. The minimum absolute atomic E-state index is 0.0214. The molecule has 0 spiro atoms. The third-order valence-electron chi connectivity index (χ3n) is 3.67. The highest BCUT2D eigenvalue weighted by molar-refractivity contribution is 7.00. The second kappa shape index (κ2) is 5.44. The lowest BCUT2D eigenvalue weighted by Crippen LogP contribution is -2.19. The molecule has 1 aromatic heterocycles. The molecule has 1 amide bonds. The maximum absolute atomic E-state index is 12.6. The number of ether oxygens (including phenoxy) is 1. The third-order valence-corrected chi connectivity index (χ3v) is 4.21. The topological polar surface area (TPSA) is 81.2 Å². The Kier molecular flexibility index (Phi) is 3.27. The fourth-order valence-electron chi connectivity index (χ4n) is 2.57. The molecule has 3 aromatic rings. The van der Waals surface area contributed by atoms with Crippen LogP contribution in [-0.2, 0) is 0 Å². The van der Waals surface area contributed by atoms with Gasteiger partial charge in [0.05, 0.1) is 35.1 Å². The summed E-state index contributed by atoms with van der Waals surface area (Å²) in [6.07, 6.45) is 0.355. The van der Waals surface area contributed by atoms with Crippen LogP contribution < -0.4 is 10.1 Å². The van der Waals surface area contributed by atoms with Crippen LogP contribution in [0.5, 0.6) is 5.75 Å². The molecule has 0 radical (unpaired) electrons. The maximum Gasteiger partial charge on any atom is 0.258 e. The summed E-state index contributed by atoms with van der Waals surface area (Å²) < 4.78 is 13.9. The van der Waals surface area contributed by atoms with E-state index in [4.69, 9.17) is 4.74 Å². The van der Waals surface area contributed by atoms with E-state index in [1.807, 2.05) is 6.07 Å². The number of benzene rings is 2. The molecule has 0 fully saturated rings. The number of amides is 1. The SMILES string of the molecule is O=C1CCOc2c(NC(=O)c3cccc4nsnc34)cccc21. The number of carbonyl (C=O) groups is 2. The molecule has 0 unspecified atom stereocenters. The van der Waals surface area contributed by atoms with Crippen molar-refractivity contribution < 1.29 is 14.3 Å². The molecule has 2 aromatic carbocycles. The van der Waals surface area contributed by atoms with Crippen molar-refractivity contribution in [1.82, 2.24) is 8.75 Å². The van der Waals surface area contributed by atoms with Gasteiger partial charge in [0, 0.05) is 6.42 Å². The van der Waals surface area contributed by atoms with Gasteiger partial charge in [0.15, 0.2) is 11.5 Å². The van der Waals surface area contributed by atoms with Crippen molar-refractivity contribution in [1.29, 1.82) is 0 Å². The van der Waals surface area contributed by atoms with Crippen LogP contribution in [0.3, 0.4) is 0 Å². The molecule has 1 aliphatic rings. The van der Waals surface area contributed by atoms with Gasteiger partial charge < -0.3 is 10.1 Å². The highest BCUT2D eigenvalue weighted by Gasteiger charge is 2.22. The van der Waals surface area contributed by atoms with Crippen molar-refractivity contribution in [3.05, 3.63) is 47.5 Å². The summed E-state index contributed by atoms with van der Waals surface area (Å²) in [5.74, 6) is 0.146. The molecule has 0 saturated carbocycles. The van der Waals surface area contributed by atoms with E-state index in [0.29, 0.717) is 46.6 Å². The van der Waals surface area contributed by atoms with Gasteiger partial charge in [0.2, 0.25) is 0 Å². The van der Waals surface area contributed by atoms with E-state index >= 15 is 0 Å². The first kappa shape index (κ1) is 13.8. The Hall–Kier alpha value is -2.80. The van der Waals surface area contributed by atoms with E-state index in [9.17, 15) is 9.59 Å². The zero-order valence-electron chi connectivity index (χ0n) is 11.9. The average Bonchev–Trinajstić information content (AvgIpc) is 3.04. The van der Waals surface area contributed by atoms with Crippen LogP contribution in [0.25, 0.3) is 11.0 Å². The monoisotopic (exact) mass is 325 g/mol. The van der Waals surface area contributed by atoms with Gasteiger partial charge in [-0.2, -0.15) is 8.75 Å². The van der Waals surface area contributed by atoms with E-state index in [1.165, 1.54) is 0 Å². The van der Waals surface area contributed by atoms with Gasteiger partial charge in [-0.15, -0.1) is 0 Å². The molecule has 0 aliphatic carbocycles. The third kappa shape index (κ3) is 2.35. The fraction of sp³-hybridized carbons (Fsp3) is 0.125. The highest BCUT2D eigenvalue weighted by Crippen LogP contribution is 2.33. The minimum Gasteiger partial charge on any atom is -0.490 e. The fourth-order valence-corrected chi connectivity index (χ4v) is 3.12. The first-order valence-electron chi connectivity index (χ1n) is 7.05. The summed E-state index contributed by atoms with van der Waals surface area (Å²) in [4.78, 5) is 24.5. The Labute approximate surface area is 135 Å². The van der Waals surface area contributed by atoms with Gasteiger partial charge >= 0.3 is 0 Å². The summed E-state index contributed by atoms with van der Waals surface area (Å²) in [6, 6.07) is 10.4. The van der Waals surface area contributed by atoms with E-state index < -0.39 is 0 Å². The van der Waals surface area contributed by atoms with Crippen molar-refractivity contribution in [2.24, 2.45) is 0 Å². The molecule has 1 N–H and O–H groups in total. The van der Waals surface area contributed by atoms with Crippen LogP contribution in [0.2, 0.25) is 0 Å². The minimum atomic E-state index is -0.307. The number of hydrogen-bond acceptors (Lipinski definition) is 6. The molecular formula is C16H11N3O3S. The Bertz CT molecular complexity index is 935. The van der Waals surface area contributed by atoms with Crippen LogP contribution in [-0.4, -0.2) is 27.0 Å². The molecule has 0 bridgehead atoms. The quantitative estimate of drug-likeness (QED) is 0.783. The summed E-state index contributed by atoms with van der Waals surface area (Å²) in [6.45, 7) is 0.324. The van der Waals surface area contributed by atoms with Crippen LogP contribution in [0, 0.1) is 0 Å². The van der Waals surface area contributed by atoms with Crippen molar-refractivity contribution >= 4 is 40.1 Å². The summed E-state index contributed by atoms with van der Waals surface area (Å²) in [7, 11) is 0. The molecule has 0 saturated heterocycles. The average molecular weight is 325 g/mol. The summed E-state index contributed by atoms with van der Waals surface area (Å²) in [5, 5.41) is 2.81. The molecule has 23 heavy (non-hydrogen) atoms. The number of Topliss-reactive ketones (excluding diaryl/α,β-unsaturated/α-hetero) is 1. The number of ketones is 1. The number of nitrogens with one attached hydrogen (secondary N) is 1. The van der Waals surface area contributed by atoms with Gasteiger partial charge in [-0.1, -0.05) is 12.1 Å². The largest absolute Gasteiger partial charge is 0.490 e. The van der Waals surface area contributed by atoms with Crippen LogP contribution in [0.1, 0.15) is 27.1 Å². The lowest BCUT2D eigenvalue weighted by atomic mass is 10.0. The predicted octanol–water partition coefficient (Wildman–Crippen LogP) is 2.91. The summed E-state index contributed by atoms with van der Waals surface area (Å²) in [5.41, 5.74) is 2.68. The zero-order valence-corrected chi connectivity index (χ0v) is 12.7.